The van der Waals surface area contributed by atoms with Crippen molar-refractivity contribution in [2.75, 3.05) is 0 Å². The van der Waals surface area contributed by atoms with Crippen LogP contribution in [0.1, 0.15) is 31.9 Å². The number of aromatic nitrogens is 1. The van der Waals surface area contributed by atoms with Gasteiger partial charge in [-0.2, -0.15) is 0 Å². The van der Waals surface area contributed by atoms with Gasteiger partial charge in [-0.15, -0.1) is 0 Å². The molecule has 186 valence electrons. The fraction of sp³-hybridized carbons (Fsp3) is 0.135. The van der Waals surface area contributed by atoms with Crippen molar-refractivity contribution >= 4 is 32.6 Å². The fourth-order valence-electron chi connectivity index (χ4n) is 6.15. The van der Waals surface area contributed by atoms with Gasteiger partial charge in [0.05, 0.1) is 5.52 Å². The van der Waals surface area contributed by atoms with Crippen LogP contribution < -0.4 is 0 Å². The maximum absolute atomic E-state index is 3.56. The van der Waals surface area contributed by atoms with E-state index in [1.807, 2.05) is 6.92 Å². The minimum atomic E-state index is 0.00492. The van der Waals surface area contributed by atoms with Crippen molar-refractivity contribution in [1.29, 1.82) is 0 Å². The lowest BCUT2D eigenvalue weighted by Crippen LogP contribution is -2.14. The quantitative estimate of drug-likeness (QED) is 0.212. The molecule has 0 aliphatic heterocycles. The summed E-state index contributed by atoms with van der Waals surface area (Å²) in [7, 11) is 2.20. The topological polar surface area (TPSA) is 4.93 Å². The molecule has 0 spiro atoms. The first-order valence-electron chi connectivity index (χ1n) is 13.2. The van der Waals surface area contributed by atoms with E-state index in [1.54, 1.807) is 6.08 Å². The van der Waals surface area contributed by atoms with Crippen molar-refractivity contribution in [3.8, 4) is 22.3 Å². The van der Waals surface area contributed by atoms with Crippen LogP contribution in [0.2, 0.25) is 0 Å². The average Bonchev–Trinajstić information content (AvgIpc) is 3.37. The summed E-state index contributed by atoms with van der Waals surface area (Å²) < 4.78 is 2.37. The molecule has 1 aliphatic carbocycles. The third-order valence-electron chi connectivity index (χ3n) is 8.15. The molecule has 1 aliphatic rings. The molecule has 0 saturated heterocycles. The summed E-state index contributed by atoms with van der Waals surface area (Å²) in [5.41, 5.74) is 11.8. The molecule has 1 heteroatoms. The third-order valence-corrected chi connectivity index (χ3v) is 8.15. The number of hydrogen-bond donors (Lipinski definition) is 0. The summed E-state index contributed by atoms with van der Waals surface area (Å²) in [5.74, 6) is 0. The minimum absolute atomic E-state index is 0.00492. The van der Waals surface area contributed by atoms with Crippen LogP contribution in [-0.4, -0.2) is 4.57 Å². The highest BCUT2D eigenvalue weighted by Crippen LogP contribution is 2.50. The summed E-state index contributed by atoms with van der Waals surface area (Å²) in [6, 6.07) is 35.9. The van der Waals surface area contributed by atoms with Crippen molar-refractivity contribution in [3.63, 3.8) is 0 Å². The second kappa shape index (κ2) is 8.89. The Balaban J connectivity index is 0.000000487. The van der Waals surface area contributed by atoms with E-state index < -0.39 is 0 Å². The Morgan fingerprint density at radius 3 is 2.18 bits per heavy atom. The molecule has 6 aromatic rings. The highest BCUT2D eigenvalue weighted by Gasteiger charge is 2.35. The van der Waals surface area contributed by atoms with Gasteiger partial charge in [0.1, 0.15) is 0 Å². The van der Waals surface area contributed by atoms with Crippen LogP contribution in [0.3, 0.4) is 0 Å². The predicted molar refractivity (Wildman–Crippen MR) is 166 cm³/mol. The van der Waals surface area contributed by atoms with E-state index in [1.165, 1.54) is 66.0 Å². The number of aryl methyl sites for hydroxylation is 1. The van der Waals surface area contributed by atoms with Gasteiger partial charge < -0.3 is 4.57 Å². The molecular weight excluding hydrogens is 458 g/mol. The summed E-state index contributed by atoms with van der Waals surface area (Å²) in [6.07, 6.45) is 1.72. The van der Waals surface area contributed by atoms with E-state index >= 15 is 0 Å². The Labute approximate surface area is 225 Å². The smallest absolute Gasteiger partial charge is 0.0568 e. The Hall–Kier alpha value is -4.36. The zero-order valence-corrected chi connectivity index (χ0v) is 22.7. The number of rotatable bonds is 2. The van der Waals surface area contributed by atoms with Crippen LogP contribution in [-0.2, 0) is 12.5 Å². The summed E-state index contributed by atoms with van der Waals surface area (Å²) in [5, 5.41) is 5.29. The molecule has 5 aromatic carbocycles. The van der Waals surface area contributed by atoms with Crippen molar-refractivity contribution < 1.29 is 0 Å². The third kappa shape index (κ3) is 3.54. The number of benzene rings is 5. The van der Waals surface area contributed by atoms with E-state index in [2.05, 4.69) is 136 Å². The lowest BCUT2D eigenvalue weighted by molar-refractivity contribution is 0.660. The molecule has 0 bridgehead atoms. The highest BCUT2D eigenvalue weighted by molar-refractivity contribution is 6.22. The van der Waals surface area contributed by atoms with Gasteiger partial charge in [0.15, 0.2) is 0 Å². The minimum Gasteiger partial charge on any atom is -0.343 e. The predicted octanol–water partition coefficient (Wildman–Crippen LogP) is 10.2. The van der Waals surface area contributed by atoms with Crippen LogP contribution in [0.15, 0.2) is 122 Å². The van der Waals surface area contributed by atoms with Gasteiger partial charge in [-0.25, -0.2) is 0 Å². The monoisotopic (exact) mass is 491 g/mol. The first-order valence-corrected chi connectivity index (χ1v) is 13.2. The van der Waals surface area contributed by atoms with Gasteiger partial charge >= 0.3 is 0 Å². The van der Waals surface area contributed by atoms with E-state index in [-0.39, 0.29) is 5.41 Å². The SMILES string of the molecule is C=CC(=C)C.Cn1c2ccc3ccccc3c2c2cccc(-c3ccc4c(c3)C(C)(C)c3ccccc3-4)c21. The van der Waals surface area contributed by atoms with Gasteiger partial charge in [-0.1, -0.05) is 124 Å². The van der Waals surface area contributed by atoms with Crippen LogP contribution in [0.5, 0.6) is 0 Å². The Morgan fingerprint density at radius 1 is 0.737 bits per heavy atom. The summed E-state index contributed by atoms with van der Waals surface area (Å²) in [4.78, 5) is 0. The molecule has 1 heterocycles. The Morgan fingerprint density at radius 2 is 1.39 bits per heavy atom. The van der Waals surface area contributed by atoms with E-state index in [0.29, 0.717) is 0 Å². The van der Waals surface area contributed by atoms with Gasteiger partial charge in [0.2, 0.25) is 0 Å². The normalized spacial score (nSPS) is 13.2. The van der Waals surface area contributed by atoms with Gasteiger partial charge in [-0.3, -0.25) is 0 Å². The van der Waals surface area contributed by atoms with Crippen LogP contribution in [0.25, 0.3) is 54.8 Å². The van der Waals surface area contributed by atoms with Crippen molar-refractivity contribution in [2.24, 2.45) is 7.05 Å². The zero-order valence-electron chi connectivity index (χ0n) is 22.7. The average molecular weight is 492 g/mol. The van der Waals surface area contributed by atoms with Crippen molar-refractivity contribution in [2.45, 2.75) is 26.2 Å². The Kier molecular flexibility index (Phi) is 5.61. The molecule has 38 heavy (non-hydrogen) atoms. The van der Waals surface area contributed by atoms with Crippen LogP contribution in [0, 0.1) is 0 Å². The summed E-state index contributed by atoms with van der Waals surface area (Å²) in [6.45, 7) is 13.6. The number of hydrogen-bond acceptors (Lipinski definition) is 0. The number of nitrogens with zero attached hydrogens (tertiary/aromatic N) is 1. The summed E-state index contributed by atoms with van der Waals surface area (Å²) >= 11 is 0. The lowest BCUT2D eigenvalue weighted by Gasteiger charge is -2.22. The van der Waals surface area contributed by atoms with Gasteiger partial charge in [0.25, 0.3) is 0 Å². The van der Waals surface area contributed by atoms with Crippen molar-refractivity contribution in [1.82, 2.24) is 4.57 Å². The Bertz CT molecular complexity index is 1890. The molecule has 0 amide bonds. The molecule has 7 rings (SSSR count). The maximum Gasteiger partial charge on any atom is 0.0568 e. The number of para-hydroxylation sites is 1. The fourth-order valence-corrected chi connectivity index (χ4v) is 6.15. The molecule has 0 fully saturated rings. The molecule has 1 nitrogen and oxygen atoms in total. The second-order valence-electron chi connectivity index (χ2n) is 10.9. The number of allylic oxidation sites excluding steroid dienone is 2. The standard InChI is InChI=1S/C32H25N.C5H8/c1-32(2)27-14-7-6-11-24(27)25-17-15-21(19-28(25)32)23-12-8-13-26-30-22-10-5-4-9-20(22)16-18-29(30)33(3)31(23)26;1-4-5(2)3/h4-19H,1-3H3;4H,1-2H2,3H3. The largest absolute Gasteiger partial charge is 0.343 e. The van der Waals surface area contributed by atoms with E-state index in [4.69, 9.17) is 0 Å². The van der Waals surface area contributed by atoms with Gasteiger partial charge in [-0.05, 0) is 57.6 Å². The zero-order chi connectivity index (χ0) is 26.6. The maximum atomic E-state index is 3.56. The molecule has 0 N–H and O–H groups in total. The molecule has 0 saturated carbocycles. The first kappa shape index (κ1) is 24.0. The molecular formula is C37H33N. The van der Waals surface area contributed by atoms with Crippen LogP contribution in [0.4, 0.5) is 0 Å². The first-order chi connectivity index (χ1) is 18.3. The molecule has 0 atom stereocenters. The number of fused-ring (bicyclic) bond motifs is 8. The lowest BCUT2D eigenvalue weighted by atomic mass is 9.81. The molecule has 1 aromatic heterocycles. The molecule has 0 unspecified atom stereocenters. The van der Waals surface area contributed by atoms with E-state index in [9.17, 15) is 0 Å². The second-order valence-corrected chi connectivity index (χ2v) is 10.9. The van der Waals surface area contributed by atoms with Crippen molar-refractivity contribution in [3.05, 3.63) is 133 Å². The van der Waals surface area contributed by atoms with E-state index in [0.717, 1.165) is 5.57 Å². The van der Waals surface area contributed by atoms with Crippen LogP contribution >= 0.6 is 0 Å². The highest BCUT2D eigenvalue weighted by atomic mass is 14.9. The van der Waals surface area contributed by atoms with Gasteiger partial charge in [0, 0.05) is 34.3 Å². The molecule has 0 radical (unpaired) electrons.